The zero-order valence-corrected chi connectivity index (χ0v) is 18.8. The molecule has 0 bridgehead atoms. The number of hydrogen-bond acceptors (Lipinski definition) is 4. The Morgan fingerprint density at radius 3 is 2.23 bits per heavy atom. The lowest BCUT2D eigenvalue weighted by molar-refractivity contribution is -0.133. The van der Waals surface area contributed by atoms with Gasteiger partial charge in [-0.1, -0.05) is 41.9 Å². The summed E-state index contributed by atoms with van der Waals surface area (Å²) in [4.78, 5) is 16.8. The fourth-order valence-corrected chi connectivity index (χ4v) is 4.71. The maximum absolute atomic E-state index is 12.6. The van der Waals surface area contributed by atoms with Gasteiger partial charge in [0.15, 0.2) is 0 Å². The van der Waals surface area contributed by atoms with Gasteiger partial charge in [-0.25, -0.2) is 8.42 Å². The van der Waals surface area contributed by atoms with E-state index >= 15 is 0 Å². The molecule has 0 saturated carbocycles. The van der Waals surface area contributed by atoms with E-state index in [1.165, 1.54) is 16.1 Å². The van der Waals surface area contributed by atoms with Crippen molar-refractivity contribution in [3.05, 3.63) is 65.2 Å². The number of hydrogen-bond donors (Lipinski definition) is 0. The largest absolute Gasteiger partial charge is 0.340 e. The molecule has 0 aromatic heterocycles. The van der Waals surface area contributed by atoms with Crippen molar-refractivity contribution in [2.45, 2.75) is 19.4 Å². The Kier molecular flexibility index (Phi) is 7.75. The molecule has 1 heterocycles. The Balaban J connectivity index is 1.46. The summed E-state index contributed by atoms with van der Waals surface area (Å²) in [6.07, 6.45) is 1.98. The molecular weight excluding hydrogens is 422 g/mol. The van der Waals surface area contributed by atoms with Crippen molar-refractivity contribution in [1.82, 2.24) is 9.80 Å². The van der Waals surface area contributed by atoms with Gasteiger partial charge in [0.05, 0.1) is 11.9 Å². The van der Waals surface area contributed by atoms with Crippen molar-refractivity contribution < 1.29 is 13.2 Å². The Hall–Kier alpha value is -2.09. The van der Waals surface area contributed by atoms with Gasteiger partial charge < -0.3 is 4.90 Å². The molecule has 0 atom stereocenters. The molecule has 6 nitrogen and oxygen atoms in total. The van der Waals surface area contributed by atoms with Gasteiger partial charge in [-0.05, 0) is 36.2 Å². The monoisotopic (exact) mass is 449 g/mol. The Morgan fingerprint density at radius 1 is 1.00 bits per heavy atom. The van der Waals surface area contributed by atoms with Crippen LogP contribution in [0, 0.1) is 0 Å². The van der Waals surface area contributed by atoms with Gasteiger partial charge in [0, 0.05) is 50.7 Å². The second-order valence-electron chi connectivity index (χ2n) is 7.56. The first-order valence-electron chi connectivity index (χ1n) is 10.1. The average molecular weight is 450 g/mol. The van der Waals surface area contributed by atoms with Crippen molar-refractivity contribution in [2.75, 3.05) is 43.3 Å². The summed E-state index contributed by atoms with van der Waals surface area (Å²) in [6, 6.07) is 17.0. The number of benzene rings is 2. The van der Waals surface area contributed by atoms with Gasteiger partial charge in [0.1, 0.15) is 0 Å². The van der Waals surface area contributed by atoms with Crippen LogP contribution in [0.5, 0.6) is 0 Å². The third-order valence-electron chi connectivity index (χ3n) is 5.24. The summed E-state index contributed by atoms with van der Waals surface area (Å²) in [5, 5.41) is 0.550. The minimum absolute atomic E-state index is 0.0823. The first-order valence-corrected chi connectivity index (χ1v) is 12.3. The Bertz CT molecular complexity index is 928. The molecule has 30 heavy (non-hydrogen) atoms. The number of rotatable bonds is 8. The van der Waals surface area contributed by atoms with Crippen LogP contribution in [0.4, 0.5) is 5.69 Å². The van der Waals surface area contributed by atoms with Gasteiger partial charge >= 0.3 is 0 Å². The maximum atomic E-state index is 12.6. The van der Waals surface area contributed by atoms with Gasteiger partial charge in [0.25, 0.3) is 0 Å². The molecule has 0 unspecified atom stereocenters. The summed E-state index contributed by atoms with van der Waals surface area (Å²) in [6.45, 7) is 4.27. The predicted molar refractivity (Wildman–Crippen MR) is 121 cm³/mol. The van der Waals surface area contributed by atoms with Crippen LogP contribution in [0.1, 0.15) is 18.4 Å². The number of nitrogens with zero attached hydrogens (tertiary/aromatic N) is 3. The minimum atomic E-state index is -3.43. The van der Waals surface area contributed by atoms with Crippen LogP contribution in [0.15, 0.2) is 54.6 Å². The molecular formula is C22H28ClN3O3S. The summed E-state index contributed by atoms with van der Waals surface area (Å²) < 4.78 is 25.7. The SMILES string of the molecule is CS(=O)(=O)N(CCCC(=O)N1CCN(Cc2ccccc2)CC1)c1ccc(Cl)cc1. The van der Waals surface area contributed by atoms with E-state index in [0.29, 0.717) is 36.6 Å². The Morgan fingerprint density at radius 2 is 1.63 bits per heavy atom. The summed E-state index contributed by atoms with van der Waals surface area (Å²) in [5.41, 5.74) is 1.84. The third-order valence-corrected chi connectivity index (χ3v) is 6.69. The van der Waals surface area contributed by atoms with E-state index in [1.807, 2.05) is 23.1 Å². The fourth-order valence-electron chi connectivity index (χ4n) is 3.62. The van der Waals surface area contributed by atoms with Crippen molar-refractivity contribution in [2.24, 2.45) is 0 Å². The molecule has 8 heteroatoms. The quantitative estimate of drug-likeness (QED) is 0.620. The van der Waals surface area contributed by atoms with Crippen LogP contribution in [0.25, 0.3) is 0 Å². The normalized spacial score (nSPS) is 15.2. The summed E-state index contributed by atoms with van der Waals surface area (Å²) in [7, 11) is -3.43. The standard InChI is InChI=1S/C22H28ClN3O3S/c1-30(28,29)26(21-11-9-20(23)10-12-21)13-5-8-22(27)25-16-14-24(15-17-25)18-19-6-3-2-4-7-19/h2-4,6-7,9-12H,5,8,13-18H2,1H3. The van der Waals surface area contributed by atoms with Crippen molar-refractivity contribution in [3.8, 4) is 0 Å². The van der Waals surface area contributed by atoms with E-state index in [1.54, 1.807) is 24.3 Å². The predicted octanol–water partition coefficient (Wildman–Crippen LogP) is 3.23. The average Bonchev–Trinajstić information content (AvgIpc) is 2.72. The second-order valence-corrected chi connectivity index (χ2v) is 9.90. The summed E-state index contributed by atoms with van der Waals surface area (Å²) >= 11 is 5.90. The lowest BCUT2D eigenvalue weighted by Crippen LogP contribution is -2.48. The van der Waals surface area contributed by atoms with Gasteiger partial charge in [-0.2, -0.15) is 0 Å². The number of anilines is 1. The van der Waals surface area contributed by atoms with E-state index < -0.39 is 10.0 Å². The third kappa shape index (κ3) is 6.45. The lowest BCUT2D eigenvalue weighted by Gasteiger charge is -2.35. The number of sulfonamides is 1. The van der Waals surface area contributed by atoms with Crippen molar-refractivity contribution in [3.63, 3.8) is 0 Å². The number of amides is 1. The fraction of sp³-hybridized carbons (Fsp3) is 0.409. The smallest absolute Gasteiger partial charge is 0.232 e. The van der Waals surface area contributed by atoms with E-state index in [9.17, 15) is 13.2 Å². The lowest BCUT2D eigenvalue weighted by atomic mass is 10.2. The maximum Gasteiger partial charge on any atom is 0.232 e. The highest BCUT2D eigenvalue weighted by atomic mass is 35.5. The van der Waals surface area contributed by atoms with Gasteiger partial charge in [-0.3, -0.25) is 14.0 Å². The molecule has 0 spiro atoms. The number of halogens is 1. The van der Waals surface area contributed by atoms with Crippen molar-refractivity contribution >= 4 is 33.2 Å². The van der Waals surface area contributed by atoms with E-state index in [0.717, 1.165) is 19.6 Å². The van der Waals surface area contributed by atoms with Crippen LogP contribution >= 0.6 is 11.6 Å². The number of carbonyl (C=O) groups is 1. The molecule has 0 radical (unpaired) electrons. The molecule has 1 aliphatic rings. The summed E-state index contributed by atoms with van der Waals surface area (Å²) in [5.74, 6) is 0.0823. The molecule has 1 amide bonds. The second kappa shape index (κ2) is 10.3. The number of carbonyl (C=O) groups excluding carboxylic acids is 1. The highest BCUT2D eigenvalue weighted by molar-refractivity contribution is 7.92. The molecule has 1 saturated heterocycles. The van der Waals surface area contributed by atoms with Crippen molar-refractivity contribution in [1.29, 1.82) is 0 Å². The first-order chi connectivity index (χ1) is 14.3. The highest BCUT2D eigenvalue weighted by Gasteiger charge is 2.22. The topological polar surface area (TPSA) is 60.9 Å². The first kappa shape index (κ1) is 22.6. The van der Waals surface area contributed by atoms with Gasteiger partial charge in [-0.15, -0.1) is 0 Å². The van der Waals surface area contributed by atoms with Crippen LogP contribution in [0.2, 0.25) is 5.02 Å². The van der Waals surface area contributed by atoms with Gasteiger partial charge in [0.2, 0.25) is 15.9 Å². The van der Waals surface area contributed by atoms with Crippen LogP contribution in [-0.2, 0) is 21.4 Å². The van der Waals surface area contributed by atoms with Crippen LogP contribution in [0.3, 0.4) is 0 Å². The molecule has 0 aliphatic carbocycles. The highest BCUT2D eigenvalue weighted by Crippen LogP contribution is 2.21. The minimum Gasteiger partial charge on any atom is -0.340 e. The Labute approximate surface area is 184 Å². The van der Waals surface area contributed by atoms with E-state index in [-0.39, 0.29) is 12.5 Å². The zero-order valence-electron chi connectivity index (χ0n) is 17.2. The van der Waals surface area contributed by atoms with E-state index in [2.05, 4.69) is 17.0 Å². The number of piperazine rings is 1. The van der Waals surface area contributed by atoms with E-state index in [4.69, 9.17) is 11.6 Å². The molecule has 1 fully saturated rings. The molecule has 3 rings (SSSR count). The molecule has 0 N–H and O–H groups in total. The molecule has 1 aliphatic heterocycles. The van der Waals surface area contributed by atoms with Crippen LogP contribution < -0.4 is 4.31 Å². The molecule has 2 aromatic carbocycles. The zero-order chi connectivity index (χ0) is 21.6. The molecule has 2 aromatic rings. The molecule has 162 valence electrons. The van der Waals surface area contributed by atoms with Crippen LogP contribution in [-0.4, -0.2) is 63.1 Å².